The molecule has 0 aliphatic carbocycles. The maximum absolute atomic E-state index is 12.9. The molecule has 2 atom stereocenters. The predicted molar refractivity (Wildman–Crippen MR) is 141 cm³/mol. The molecule has 0 aliphatic heterocycles. The topological polar surface area (TPSA) is 53.5 Å². The molecule has 0 saturated carbocycles. The van der Waals surface area contributed by atoms with Crippen molar-refractivity contribution >= 4 is 28.0 Å². The molecule has 0 radical (unpaired) electrons. The lowest BCUT2D eigenvalue weighted by atomic mass is 10.1. The zero-order valence-corrected chi connectivity index (χ0v) is 25.0. The molecule has 0 aromatic heterocycles. The van der Waals surface area contributed by atoms with Crippen LogP contribution in [0.1, 0.15) is 73.9 Å². The minimum atomic E-state index is -1.92. The van der Waals surface area contributed by atoms with Crippen LogP contribution in [0.25, 0.3) is 0 Å². The van der Waals surface area contributed by atoms with Crippen molar-refractivity contribution in [3.05, 3.63) is 29.8 Å². The number of hydrogen-bond acceptors (Lipinski definition) is 4. The zero-order chi connectivity index (χ0) is 24.5. The van der Waals surface area contributed by atoms with Crippen LogP contribution in [0.4, 0.5) is 0 Å². The molecule has 0 heterocycles. The Balaban J connectivity index is 3.10. The summed E-state index contributed by atoms with van der Waals surface area (Å²) in [7, 11) is -3.81. The third kappa shape index (κ3) is 8.20. The van der Waals surface area contributed by atoms with E-state index < -0.39 is 28.0 Å². The van der Waals surface area contributed by atoms with Gasteiger partial charge in [-0.05, 0) is 74.7 Å². The first-order valence-electron chi connectivity index (χ1n) is 11.3. The van der Waals surface area contributed by atoms with Gasteiger partial charge in [0.05, 0.1) is 12.6 Å². The highest BCUT2D eigenvalue weighted by molar-refractivity contribution is 7.90. The van der Waals surface area contributed by atoms with E-state index in [0.29, 0.717) is 6.61 Å². The molecule has 4 nitrogen and oxygen atoms in total. The summed E-state index contributed by atoms with van der Waals surface area (Å²) in [5.74, 6) is 0.899. The highest BCUT2D eigenvalue weighted by atomic mass is 32.2. The summed E-state index contributed by atoms with van der Waals surface area (Å²) in [4.78, 5) is 0. The van der Waals surface area contributed by atoms with Crippen LogP contribution >= 0.6 is 0 Å². The van der Waals surface area contributed by atoms with Gasteiger partial charge in [0, 0.05) is 11.4 Å². The second-order valence-electron chi connectivity index (χ2n) is 12.6. The van der Waals surface area contributed by atoms with Crippen LogP contribution in [0, 0.1) is 0 Å². The Morgan fingerprint density at radius 1 is 0.839 bits per heavy atom. The standard InChI is InChI=1S/C24H47NO3SSi2/c1-22(2,3)29(26)25-21(18-27-30(10,11)23(4,5)6)19-14-16-20(17-15-19)28-31(12,13)24(7,8)9/h14-17,21,25H,18H2,1-13H3/t21-,29?/m0/s1. The van der Waals surface area contributed by atoms with Crippen LogP contribution in [-0.4, -0.2) is 32.5 Å². The monoisotopic (exact) mass is 485 g/mol. The predicted octanol–water partition coefficient (Wildman–Crippen LogP) is 7.19. The van der Waals surface area contributed by atoms with Gasteiger partial charge < -0.3 is 13.4 Å². The fourth-order valence-electron chi connectivity index (χ4n) is 2.23. The number of benzene rings is 1. The van der Waals surface area contributed by atoms with Crippen molar-refractivity contribution < 1.29 is 13.4 Å². The second kappa shape index (κ2) is 9.89. The van der Waals surface area contributed by atoms with Gasteiger partial charge in [-0.25, -0.2) is 0 Å². The van der Waals surface area contributed by atoms with Gasteiger partial charge in [0.1, 0.15) is 10.5 Å². The Bertz CT molecular complexity index is 702. The van der Waals surface area contributed by atoms with Gasteiger partial charge in [-0.15, -0.1) is 4.72 Å². The average molecular weight is 486 g/mol. The normalized spacial score (nSPS) is 16.2. The van der Waals surface area contributed by atoms with Crippen LogP contribution < -0.4 is 9.15 Å². The first kappa shape index (κ1) is 28.7. The minimum Gasteiger partial charge on any atom is -0.598 e. The lowest BCUT2D eigenvalue weighted by Gasteiger charge is -2.38. The second-order valence-corrected chi connectivity index (χ2v) is 24.1. The molecule has 0 bridgehead atoms. The Labute approximate surface area is 197 Å². The van der Waals surface area contributed by atoms with E-state index in [1.54, 1.807) is 0 Å². The van der Waals surface area contributed by atoms with E-state index >= 15 is 0 Å². The average Bonchev–Trinajstić information content (AvgIpc) is 2.56. The summed E-state index contributed by atoms with van der Waals surface area (Å²) >= 11 is -1.19. The fraction of sp³-hybridized carbons (Fsp3) is 0.750. The van der Waals surface area contributed by atoms with Crippen molar-refractivity contribution in [2.45, 2.75) is 109 Å². The zero-order valence-electron chi connectivity index (χ0n) is 22.2. The number of rotatable bonds is 8. The molecule has 0 amide bonds. The van der Waals surface area contributed by atoms with Crippen LogP contribution in [0.15, 0.2) is 24.3 Å². The van der Waals surface area contributed by atoms with Crippen LogP contribution in [-0.2, 0) is 15.8 Å². The maximum Gasteiger partial charge on any atom is 0.250 e. The van der Waals surface area contributed by atoms with Crippen molar-refractivity contribution in [2.24, 2.45) is 0 Å². The maximum atomic E-state index is 12.9. The van der Waals surface area contributed by atoms with E-state index in [9.17, 15) is 4.55 Å². The summed E-state index contributed by atoms with van der Waals surface area (Å²) < 4.78 is 28.8. The van der Waals surface area contributed by atoms with Crippen LogP contribution in [0.2, 0.25) is 36.3 Å². The van der Waals surface area contributed by atoms with Crippen LogP contribution in [0.5, 0.6) is 5.75 Å². The van der Waals surface area contributed by atoms with E-state index in [1.807, 2.05) is 32.9 Å². The molecule has 1 N–H and O–H groups in total. The third-order valence-corrected chi connectivity index (χ3v) is 17.2. The van der Waals surface area contributed by atoms with Gasteiger partial charge in [-0.2, -0.15) is 0 Å². The quantitative estimate of drug-likeness (QED) is 0.313. The highest BCUT2D eigenvalue weighted by Crippen LogP contribution is 2.39. The van der Waals surface area contributed by atoms with Crippen LogP contribution in [0.3, 0.4) is 0 Å². The fourth-order valence-corrected chi connectivity index (χ4v) is 5.09. The molecule has 7 heteroatoms. The molecular formula is C24H47NO3SSi2. The largest absolute Gasteiger partial charge is 0.598 e. The molecule has 0 aliphatic rings. The van der Waals surface area contributed by atoms with E-state index in [4.69, 9.17) is 8.85 Å². The Morgan fingerprint density at radius 3 is 1.68 bits per heavy atom. The summed E-state index contributed by atoms with van der Waals surface area (Å²) in [6.45, 7) is 28.9. The van der Waals surface area contributed by atoms with E-state index in [2.05, 4.69) is 84.6 Å². The SMILES string of the molecule is CC(C)(C)[S+]([O-])N[C@@H](CO[Si](C)(C)C(C)(C)C)c1ccc(O[Si](C)(C)C(C)(C)C)cc1. The highest BCUT2D eigenvalue weighted by Gasteiger charge is 2.40. The van der Waals surface area contributed by atoms with Gasteiger partial charge in [0.2, 0.25) is 8.32 Å². The Morgan fingerprint density at radius 2 is 1.29 bits per heavy atom. The van der Waals surface area contributed by atoms with E-state index in [-0.39, 0.29) is 20.9 Å². The number of hydrogen-bond donors (Lipinski definition) is 1. The minimum absolute atomic E-state index is 0.127. The molecule has 1 aromatic rings. The van der Waals surface area contributed by atoms with Crippen molar-refractivity contribution in [2.75, 3.05) is 6.61 Å². The molecular weight excluding hydrogens is 439 g/mol. The smallest absolute Gasteiger partial charge is 0.250 e. The molecule has 1 rings (SSSR count). The number of nitrogens with one attached hydrogen (secondary N) is 1. The molecule has 0 spiro atoms. The first-order valence-corrected chi connectivity index (χ1v) is 18.2. The summed E-state index contributed by atoms with van der Waals surface area (Å²) in [6, 6.07) is 8.09. The van der Waals surface area contributed by atoms with Crippen molar-refractivity contribution in [1.29, 1.82) is 0 Å². The molecule has 1 aromatic carbocycles. The third-order valence-electron chi connectivity index (χ3n) is 6.68. The van der Waals surface area contributed by atoms with Gasteiger partial charge in [0.25, 0.3) is 0 Å². The van der Waals surface area contributed by atoms with E-state index in [0.717, 1.165) is 11.3 Å². The summed E-state index contributed by atoms with van der Waals surface area (Å²) in [5, 5.41) is 0.276. The van der Waals surface area contributed by atoms with Crippen molar-refractivity contribution in [1.82, 2.24) is 4.72 Å². The molecule has 0 fully saturated rings. The lowest BCUT2D eigenvalue weighted by Crippen LogP contribution is -2.46. The van der Waals surface area contributed by atoms with Gasteiger partial charge >= 0.3 is 0 Å². The van der Waals surface area contributed by atoms with Crippen molar-refractivity contribution in [3.63, 3.8) is 0 Å². The molecule has 180 valence electrons. The summed E-state index contributed by atoms with van der Waals surface area (Å²) in [6.07, 6.45) is 0. The van der Waals surface area contributed by atoms with E-state index in [1.165, 1.54) is 0 Å². The first-order chi connectivity index (χ1) is 13.7. The Kier molecular flexibility index (Phi) is 9.16. The van der Waals surface area contributed by atoms with Gasteiger partial charge in [-0.3, -0.25) is 0 Å². The Hall–Kier alpha value is -0.316. The van der Waals surface area contributed by atoms with Crippen molar-refractivity contribution in [3.8, 4) is 5.75 Å². The molecule has 1 unspecified atom stereocenters. The lowest BCUT2D eigenvalue weighted by molar-refractivity contribution is 0.256. The molecule has 31 heavy (non-hydrogen) atoms. The summed E-state index contributed by atoms with van der Waals surface area (Å²) in [5.41, 5.74) is 1.07. The van der Waals surface area contributed by atoms with Gasteiger partial charge in [0.15, 0.2) is 8.32 Å². The van der Waals surface area contributed by atoms with Gasteiger partial charge in [-0.1, -0.05) is 53.7 Å². The molecule has 0 saturated heterocycles.